The molecule has 4 aromatic rings. The molecule has 5 amide bonds. The SMILES string of the molecule is Cn1cc(NC(=O)c2nccn2C)cc1NC(=O)CCC(=O)Nc1cn(C)c(C(=O)Nc2cc(NC(=O)CC3(CC(=O)O)CC3)n(C)c2)n1. The molecule has 5 rings (SSSR count). The molecule has 4 aromatic heterocycles. The normalized spacial score (nSPS) is 13.0. The first-order valence-corrected chi connectivity index (χ1v) is 15.3. The fourth-order valence-corrected chi connectivity index (χ4v) is 5.29. The van der Waals surface area contributed by atoms with Crippen LogP contribution in [0.15, 0.2) is 43.1 Å². The third-order valence-electron chi connectivity index (χ3n) is 8.03. The molecule has 0 aliphatic heterocycles. The van der Waals surface area contributed by atoms with E-state index in [0.717, 1.165) is 0 Å². The van der Waals surface area contributed by atoms with Crippen LogP contribution >= 0.6 is 0 Å². The topological polar surface area (TPSA) is 228 Å². The number of aromatic nitrogens is 6. The maximum atomic E-state index is 13.0. The van der Waals surface area contributed by atoms with Crippen LogP contribution in [0.3, 0.4) is 0 Å². The molecule has 0 spiro atoms. The van der Waals surface area contributed by atoms with Crippen molar-refractivity contribution in [3.05, 3.63) is 54.8 Å². The zero-order chi connectivity index (χ0) is 35.5. The summed E-state index contributed by atoms with van der Waals surface area (Å²) < 4.78 is 6.24. The molecular formula is C31H37N11O7. The first-order chi connectivity index (χ1) is 23.2. The molecule has 1 aliphatic rings. The number of aryl methyl sites for hydroxylation is 4. The lowest BCUT2D eigenvalue weighted by Gasteiger charge is -2.12. The van der Waals surface area contributed by atoms with Crippen LogP contribution in [0, 0.1) is 5.41 Å². The van der Waals surface area contributed by atoms with Crippen LogP contribution in [0.4, 0.5) is 28.8 Å². The Bertz CT molecular complexity index is 1940. The third kappa shape index (κ3) is 8.59. The first kappa shape index (κ1) is 34.1. The van der Waals surface area contributed by atoms with Gasteiger partial charge in [-0.15, -0.1) is 0 Å². The van der Waals surface area contributed by atoms with Gasteiger partial charge >= 0.3 is 5.97 Å². The summed E-state index contributed by atoms with van der Waals surface area (Å²) in [5.74, 6) is -1.95. The minimum atomic E-state index is -0.931. The number of rotatable bonds is 14. The van der Waals surface area contributed by atoms with E-state index in [2.05, 4.69) is 36.6 Å². The van der Waals surface area contributed by atoms with Gasteiger partial charge in [-0.1, -0.05) is 0 Å². The van der Waals surface area contributed by atoms with E-state index in [1.54, 1.807) is 72.6 Å². The van der Waals surface area contributed by atoms with Gasteiger partial charge in [-0.25, -0.2) is 9.97 Å². The van der Waals surface area contributed by atoms with Crippen LogP contribution in [-0.4, -0.2) is 68.8 Å². The summed E-state index contributed by atoms with van der Waals surface area (Å²) >= 11 is 0. The zero-order valence-corrected chi connectivity index (χ0v) is 27.4. The Balaban J connectivity index is 1.08. The lowest BCUT2D eigenvalue weighted by Crippen LogP contribution is -2.20. The van der Waals surface area contributed by atoms with Crippen molar-refractivity contribution < 1.29 is 33.9 Å². The largest absolute Gasteiger partial charge is 0.481 e. The molecule has 258 valence electrons. The standard InChI is InChI=1S/C31H37N11O7/c1-39-10-9-32-27(39)29(48)33-18-11-21(40(2)15-18)37-24(44)6-5-23(43)35-20-17-42(4)28(36-20)30(49)34-19-12-22(41(3)16-19)38-25(45)13-31(7-8-31)14-26(46)47/h9-12,15-17H,5-8,13-14H2,1-4H3,(H,33,48)(H,34,49)(H,35,43)(H,37,44)(H,38,45)(H,46,47). The van der Waals surface area contributed by atoms with Crippen LogP contribution in [0.2, 0.25) is 0 Å². The Hall–Kier alpha value is -6.20. The monoisotopic (exact) mass is 675 g/mol. The molecule has 0 unspecified atom stereocenters. The van der Waals surface area contributed by atoms with Crippen molar-refractivity contribution in [2.45, 2.75) is 38.5 Å². The highest BCUT2D eigenvalue weighted by Crippen LogP contribution is 2.52. The molecule has 0 aromatic carbocycles. The maximum absolute atomic E-state index is 13.0. The summed E-state index contributed by atoms with van der Waals surface area (Å²) in [5, 5.41) is 22.6. The van der Waals surface area contributed by atoms with E-state index >= 15 is 0 Å². The van der Waals surface area contributed by atoms with E-state index < -0.39 is 35.0 Å². The van der Waals surface area contributed by atoms with E-state index in [0.29, 0.717) is 35.9 Å². The summed E-state index contributed by atoms with van der Waals surface area (Å²) in [4.78, 5) is 82.4. The zero-order valence-electron chi connectivity index (χ0n) is 27.4. The number of nitrogens with one attached hydrogen (secondary N) is 5. The van der Waals surface area contributed by atoms with Gasteiger partial charge in [-0.3, -0.25) is 28.8 Å². The molecule has 1 saturated carbocycles. The van der Waals surface area contributed by atoms with Gasteiger partial charge in [0.1, 0.15) is 11.6 Å². The maximum Gasteiger partial charge on any atom is 0.303 e. The molecule has 4 heterocycles. The highest BCUT2D eigenvalue weighted by Gasteiger charge is 2.46. The number of carbonyl (C=O) groups excluding carboxylic acids is 5. The van der Waals surface area contributed by atoms with E-state index in [-0.39, 0.29) is 49.1 Å². The summed E-state index contributed by atoms with van der Waals surface area (Å²) in [6, 6.07) is 3.15. The van der Waals surface area contributed by atoms with Crippen LogP contribution in [-0.2, 0) is 47.4 Å². The van der Waals surface area contributed by atoms with Crippen molar-refractivity contribution in [3.63, 3.8) is 0 Å². The van der Waals surface area contributed by atoms with Gasteiger partial charge < -0.3 is 50.0 Å². The number of nitrogens with zero attached hydrogens (tertiary/aromatic N) is 6. The first-order valence-electron chi connectivity index (χ1n) is 15.3. The average molecular weight is 676 g/mol. The quantitative estimate of drug-likeness (QED) is 0.115. The molecule has 0 atom stereocenters. The Kier molecular flexibility index (Phi) is 9.67. The van der Waals surface area contributed by atoms with Crippen molar-refractivity contribution in [2.24, 2.45) is 33.6 Å². The van der Waals surface area contributed by atoms with Crippen molar-refractivity contribution in [1.29, 1.82) is 0 Å². The average Bonchev–Trinajstić information content (AvgIpc) is 3.31. The van der Waals surface area contributed by atoms with E-state index in [4.69, 9.17) is 5.11 Å². The second kappa shape index (κ2) is 13.9. The van der Waals surface area contributed by atoms with Gasteiger partial charge in [0, 0.05) is 90.6 Å². The van der Waals surface area contributed by atoms with Crippen molar-refractivity contribution in [2.75, 3.05) is 26.6 Å². The number of carbonyl (C=O) groups is 6. The minimum absolute atomic E-state index is 0.00124. The Labute approximate surface area is 279 Å². The smallest absolute Gasteiger partial charge is 0.303 e. The lowest BCUT2D eigenvalue weighted by atomic mass is 9.98. The van der Waals surface area contributed by atoms with Gasteiger partial charge in [0.25, 0.3) is 11.8 Å². The highest BCUT2D eigenvalue weighted by atomic mass is 16.4. The number of amides is 5. The molecule has 0 saturated heterocycles. The van der Waals surface area contributed by atoms with E-state index in [1.165, 1.54) is 17.0 Å². The fourth-order valence-electron chi connectivity index (χ4n) is 5.29. The molecule has 49 heavy (non-hydrogen) atoms. The van der Waals surface area contributed by atoms with Crippen LogP contribution in [0.5, 0.6) is 0 Å². The summed E-state index contributed by atoms with van der Waals surface area (Å²) in [5.41, 5.74) is 0.342. The molecule has 0 bridgehead atoms. The second-order valence-corrected chi connectivity index (χ2v) is 12.2. The predicted molar refractivity (Wildman–Crippen MR) is 177 cm³/mol. The van der Waals surface area contributed by atoms with Crippen LogP contribution in [0.25, 0.3) is 0 Å². The highest BCUT2D eigenvalue weighted by molar-refractivity contribution is 6.04. The van der Waals surface area contributed by atoms with Crippen molar-refractivity contribution >= 4 is 64.3 Å². The molecule has 18 nitrogen and oxygen atoms in total. The summed E-state index contributed by atoms with van der Waals surface area (Å²) in [6.45, 7) is 0. The summed E-state index contributed by atoms with van der Waals surface area (Å²) in [6.07, 6.45) is 8.97. The van der Waals surface area contributed by atoms with Gasteiger partial charge in [0.2, 0.25) is 23.5 Å². The number of carboxylic acids is 1. The van der Waals surface area contributed by atoms with Crippen LogP contribution in [0.1, 0.15) is 59.8 Å². The number of hydrogen-bond acceptors (Lipinski definition) is 8. The number of carboxylic acid groups (broad SMARTS) is 1. The predicted octanol–water partition coefficient (Wildman–Crippen LogP) is 2.28. The summed E-state index contributed by atoms with van der Waals surface area (Å²) in [7, 11) is 6.66. The van der Waals surface area contributed by atoms with Gasteiger partial charge in [-0.2, -0.15) is 0 Å². The van der Waals surface area contributed by atoms with E-state index in [1.807, 2.05) is 0 Å². The van der Waals surface area contributed by atoms with Gasteiger partial charge in [-0.05, 0) is 18.3 Å². The number of hydrogen-bond donors (Lipinski definition) is 6. The van der Waals surface area contributed by atoms with Gasteiger partial charge in [0.05, 0.1) is 17.8 Å². The minimum Gasteiger partial charge on any atom is -0.481 e. The Morgan fingerprint density at radius 2 is 1.24 bits per heavy atom. The lowest BCUT2D eigenvalue weighted by molar-refractivity contribution is -0.138. The number of imidazole rings is 2. The van der Waals surface area contributed by atoms with E-state index in [9.17, 15) is 28.8 Å². The number of anilines is 5. The Morgan fingerprint density at radius 1 is 0.694 bits per heavy atom. The van der Waals surface area contributed by atoms with Gasteiger partial charge in [0.15, 0.2) is 11.6 Å². The molecule has 0 radical (unpaired) electrons. The number of aliphatic carboxylic acids is 1. The van der Waals surface area contributed by atoms with Crippen molar-refractivity contribution in [1.82, 2.24) is 28.2 Å². The van der Waals surface area contributed by atoms with Crippen LogP contribution < -0.4 is 26.6 Å². The Morgan fingerprint density at radius 3 is 1.78 bits per heavy atom. The molecule has 1 fully saturated rings. The molecule has 18 heteroatoms. The second-order valence-electron chi connectivity index (χ2n) is 12.2. The third-order valence-corrected chi connectivity index (χ3v) is 8.03. The fraction of sp³-hybridized carbons (Fsp3) is 0.355. The molecule has 6 N–H and O–H groups in total. The molecule has 1 aliphatic carbocycles. The van der Waals surface area contributed by atoms with Crippen molar-refractivity contribution in [3.8, 4) is 0 Å². The molecular weight excluding hydrogens is 638 g/mol.